The van der Waals surface area contributed by atoms with Crippen LogP contribution < -0.4 is 9.97 Å². The zero-order chi connectivity index (χ0) is 18.9. The number of amides is 1. The molecule has 0 saturated carbocycles. The quantitative estimate of drug-likeness (QED) is 0.720. The fourth-order valence-corrected chi connectivity index (χ4v) is 2.75. The van der Waals surface area contributed by atoms with Crippen LogP contribution in [-0.4, -0.2) is 35.1 Å². The Balaban J connectivity index is 1.80. The van der Waals surface area contributed by atoms with E-state index in [0.29, 0.717) is 5.56 Å². The third kappa shape index (κ3) is 3.25. The van der Waals surface area contributed by atoms with Crippen LogP contribution in [0.5, 0.6) is 5.75 Å². The van der Waals surface area contributed by atoms with Crippen molar-refractivity contribution in [3.8, 4) is 5.75 Å². The number of carbonyl (C=O) groups is 2. The smallest absolute Gasteiger partial charge is 0.534 e. The first-order chi connectivity index (χ1) is 12.3. The highest BCUT2D eigenvalue weighted by Gasteiger charge is 2.45. The maximum Gasteiger partial charge on any atom is 0.547 e. The number of alkyl halides is 2. The van der Waals surface area contributed by atoms with Crippen LogP contribution in [0.2, 0.25) is 0 Å². The highest BCUT2D eigenvalue weighted by Crippen LogP contribution is 2.32. The average Bonchev–Trinajstić information content (AvgIpc) is 2.62. The number of hydrogen-bond acceptors (Lipinski definition) is 4. The maximum atomic E-state index is 14.3. The highest BCUT2D eigenvalue weighted by molar-refractivity contribution is 6.47. The molecule has 2 aromatic rings. The molecule has 1 atom stereocenters. The summed E-state index contributed by atoms with van der Waals surface area (Å²) in [4.78, 5) is 23.2. The fourth-order valence-electron chi connectivity index (χ4n) is 2.75. The molecule has 0 bridgehead atoms. The predicted octanol–water partition coefficient (Wildman–Crippen LogP) is 1.62. The van der Waals surface area contributed by atoms with Crippen molar-refractivity contribution in [3.63, 3.8) is 0 Å². The van der Waals surface area contributed by atoms with Gasteiger partial charge in [0.25, 0.3) is 5.91 Å². The Hall–Kier alpha value is -2.94. The fraction of sp³-hybridized carbons (Fsp3) is 0.176. The monoisotopic (exact) mass is 361 g/mol. The minimum atomic E-state index is -3.79. The van der Waals surface area contributed by atoms with E-state index in [4.69, 9.17) is 9.76 Å². The van der Waals surface area contributed by atoms with Crippen molar-refractivity contribution in [2.75, 3.05) is 0 Å². The van der Waals surface area contributed by atoms with Crippen LogP contribution in [0.25, 0.3) is 0 Å². The van der Waals surface area contributed by atoms with Crippen LogP contribution in [0.4, 0.5) is 8.78 Å². The molecule has 6 nitrogen and oxygen atoms in total. The van der Waals surface area contributed by atoms with Gasteiger partial charge in [0, 0.05) is 5.56 Å². The van der Waals surface area contributed by atoms with Gasteiger partial charge in [-0.25, -0.2) is 4.79 Å². The van der Waals surface area contributed by atoms with Crippen molar-refractivity contribution in [3.05, 3.63) is 65.2 Å². The van der Waals surface area contributed by atoms with Crippen LogP contribution in [-0.2, 0) is 17.1 Å². The molecule has 0 spiro atoms. The number of carbonyl (C=O) groups excluding carboxylic acids is 1. The molecule has 0 radical (unpaired) electrons. The lowest BCUT2D eigenvalue weighted by atomic mass is 9.72. The second kappa shape index (κ2) is 6.76. The number of halogens is 2. The van der Waals surface area contributed by atoms with Gasteiger partial charge in [0.2, 0.25) is 0 Å². The molecule has 9 heteroatoms. The highest BCUT2D eigenvalue weighted by atomic mass is 19.3. The second-order valence-corrected chi connectivity index (χ2v) is 5.83. The number of para-hydroxylation sites is 1. The Morgan fingerprint density at radius 2 is 1.85 bits per heavy atom. The van der Waals surface area contributed by atoms with Gasteiger partial charge in [-0.05, 0) is 18.1 Å². The molecule has 2 aromatic carbocycles. The van der Waals surface area contributed by atoms with Gasteiger partial charge in [-0.15, -0.1) is 0 Å². The van der Waals surface area contributed by atoms with Crippen molar-refractivity contribution < 1.29 is 33.2 Å². The Labute approximate surface area is 147 Å². The number of rotatable bonds is 4. The van der Waals surface area contributed by atoms with E-state index in [1.165, 1.54) is 24.3 Å². The third-order valence-electron chi connectivity index (χ3n) is 4.09. The Morgan fingerprint density at radius 3 is 2.50 bits per heavy atom. The first-order valence-corrected chi connectivity index (χ1v) is 7.75. The first-order valence-electron chi connectivity index (χ1n) is 7.75. The molecule has 1 heterocycles. The Morgan fingerprint density at radius 1 is 1.15 bits per heavy atom. The van der Waals surface area contributed by atoms with E-state index in [2.05, 4.69) is 5.32 Å². The summed E-state index contributed by atoms with van der Waals surface area (Å²) in [6.45, 7) is 0. The Bertz CT molecular complexity index is 846. The van der Waals surface area contributed by atoms with Crippen molar-refractivity contribution in [1.82, 2.24) is 5.32 Å². The zero-order valence-corrected chi connectivity index (χ0v) is 13.4. The van der Waals surface area contributed by atoms with Crippen molar-refractivity contribution in [2.24, 2.45) is 0 Å². The number of nitrogens with one attached hydrogen (secondary N) is 1. The van der Waals surface area contributed by atoms with Crippen molar-refractivity contribution in [1.29, 1.82) is 0 Å². The molecule has 26 heavy (non-hydrogen) atoms. The van der Waals surface area contributed by atoms with E-state index < -0.39 is 36.4 Å². The summed E-state index contributed by atoms with van der Waals surface area (Å²) >= 11 is 0. The van der Waals surface area contributed by atoms with Gasteiger partial charge in [0.15, 0.2) is 0 Å². The average molecular weight is 361 g/mol. The zero-order valence-electron chi connectivity index (χ0n) is 13.4. The molecule has 1 aliphatic rings. The second-order valence-electron chi connectivity index (χ2n) is 5.83. The van der Waals surface area contributed by atoms with Crippen molar-refractivity contribution >= 4 is 19.0 Å². The topological polar surface area (TPSA) is 95.9 Å². The number of hydrogen-bond donors (Lipinski definition) is 3. The normalized spacial score (nSPS) is 16.4. The number of fused-ring (bicyclic) bond motifs is 1. The first kappa shape index (κ1) is 17.9. The molecule has 0 fully saturated rings. The minimum Gasteiger partial charge on any atom is -0.534 e. The van der Waals surface area contributed by atoms with Crippen LogP contribution in [0, 0.1) is 0 Å². The van der Waals surface area contributed by atoms with Crippen LogP contribution >= 0.6 is 0 Å². The summed E-state index contributed by atoms with van der Waals surface area (Å²) < 4.78 is 33.7. The van der Waals surface area contributed by atoms with Gasteiger partial charge in [-0.3, -0.25) is 4.79 Å². The van der Waals surface area contributed by atoms with Gasteiger partial charge < -0.3 is 20.1 Å². The third-order valence-corrected chi connectivity index (χ3v) is 4.09. The number of benzene rings is 2. The summed E-state index contributed by atoms with van der Waals surface area (Å²) in [5.74, 6) is -7.78. The van der Waals surface area contributed by atoms with Crippen LogP contribution in [0.1, 0.15) is 21.5 Å². The number of aromatic carboxylic acids is 1. The van der Waals surface area contributed by atoms with E-state index in [1.54, 1.807) is 12.1 Å². The SMILES string of the molecule is O=C(O)c1cccc2c1OB(O)[C@@H](NC(=O)C(F)(F)c1ccccc1)C2. The largest absolute Gasteiger partial charge is 0.547 e. The summed E-state index contributed by atoms with van der Waals surface area (Å²) in [6.07, 6.45) is -0.0474. The molecule has 0 aromatic heterocycles. The van der Waals surface area contributed by atoms with Crippen LogP contribution in [0.3, 0.4) is 0 Å². The van der Waals surface area contributed by atoms with Gasteiger partial charge in [0.05, 0.1) is 11.5 Å². The lowest BCUT2D eigenvalue weighted by Gasteiger charge is -2.30. The number of carboxylic acid groups (broad SMARTS) is 1. The van der Waals surface area contributed by atoms with Gasteiger partial charge in [0.1, 0.15) is 5.75 Å². The summed E-state index contributed by atoms with van der Waals surface area (Å²) in [6, 6.07) is 10.9. The molecule has 1 aliphatic heterocycles. The molecular formula is C17H14BF2NO5. The Kier molecular flexibility index (Phi) is 4.65. The van der Waals surface area contributed by atoms with E-state index >= 15 is 0 Å². The van der Waals surface area contributed by atoms with Crippen molar-refractivity contribution in [2.45, 2.75) is 18.3 Å². The molecule has 0 saturated heterocycles. The summed E-state index contributed by atoms with van der Waals surface area (Å²) in [5, 5.41) is 21.3. The predicted molar refractivity (Wildman–Crippen MR) is 88.0 cm³/mol. The molecular weight excluding hydrogens is 347 g/mol. The maximum absolute atomic E-state index is 14.3. The summed E-state index contributed by atoms with van der Waals surface area (Å²) in [7, 11) is -1.65. The van der Waals surface area contributed by atoms with Gasteiger partial charge in [-0.1, -0.05) is 42.5 Å². The van der Waals surface area contributed by atoms with Crippen LogP contribution in [0.15, 0.2) is 48.5 Å². The molecule has 0 aliphatic carbocycles. The van der Waals surface area contributed by atoms with E-state index in [9.17, 15) is 23.4 Å². The molecule has 3 N–H and O–H groups in total. The molecule has 0 unspecified atom stereocenters. The van der Waals surface area contributed by atoms with Gasteiger partial charge >= 0.3 is 19.0 Å². The lowest BCUT2D eigenvalue weighted by Crippen LogP contribution is -2.56. The number of carboxylic acids is 1. The van der Waals surface area contributed by atoms with E-state index in [0.717, 1.165) is 12.1 Å². The summed E-state index contributed by atoms with van der Waals surface area (Å²) in [5.41, 5.74) is -0.234. The van der Waals surface area contributed by atoms with Gasteiger partial charge in [-0.2, -0.15) is 8.78 Å². The van der Waals surface area contributed by atoms with E-state index in [1.807, 2.05) is 0 Å². The standard InChI is InChI=1S/C17H14BF2NO5/c19-17(20,11-6-2-1-3-7-11)16(24)21-13-9-10-5-4-8-12(15(22)23)14(10)26-18(13)25/h1-8,13,25H,9H2,(H,21,24)(H,22,23)/t13-/m0/s1. The van der Waals surface area contributed by atoms with E-state index in [-0.39, 0.29) is 17.7 Å². The minimum absolute atomic E-state index is 0.0344. The molecule has 3 rings (SSSR count). The molecule has 134 valence electrons. The lowest BCUT2D eigenvalue weighted by molar-refractivity contribution is -0.147. The molecule has 1 amide bonds.